The van der Waals surface area contributed by atoms with Crippen LogP contribution in [0.1, 0.15) is 22.3 Å². The van der Waals surface area contributed by atoms with Gasteiger partial charge in [-0.25, -0.2) is 9.69 Å². The highest BCUT2D eigenvalue weighted by atomic mass is 16.5. The summed E-state index contributed by atoms with van der Waals surface area (Å²) in [5.41, 5.74) is 11.5. The molecule has 8 nitrogen and oxygen atoms in total. The van der Waals surface area contributed by atoms with E-state index in [2.05, 4.69) is 79.8 Å². The third-order valence-corrected chi connectivity index (χ3v) is 11.5. The highest BCUT2D eigenvalue weighted by Crippen LogP contribution is 2.62. The lowest BCUT2D eigenvalue weighted by atomic mass is 9.66. The molecule has 0 atom stereocenters. The summed E-state index contributed by atoms with van der Waals surface area (Å²) in [5.74, 6) is 3.03. The summed E-state index contributed by atoms with van der Waals surface area (Å²) in [6.07, 6.45) is 3.66. The number of hydrogen-bond donors (Lipinski definition) is 0. The molecule has 3 aliphatic rings. The molecule has 0 amide bonds. The third-order valence-electron chi connectivity index (χ3n) is 11.5. The van der Waals surface area contributed by atoms with Crippen molar-refractivity contribution in [3.8, 4) is 40.1 Å². The van der Waals surface area contributed by atoms with Crippen LogP contribution in [0.4, 0.5) is 28.4 Å². The second-order valence-electron chi connectivity index (χ2n) is 14.3. The summed E-state index contributed by atoms with van der Waals surface area (Å²) in [6, 6.07) is 48.9. The summed E-state index contributed by atoms with van der Waals surface area (Å²) < 4.78 is 15.5. The second-order valence-corrected chi connectivity index (χ2v) is 14.3. The molecule has 0 fully saturated rings. The summed E-state index contributed by atoms with van der Waals surface area (Å²) in [6.45, 7) is 15.5. The monoisotopic (exact) mass is 730 g/mol. The molecule has 8 heteroatoms. The average Bonchev–Trinajstić information content (AvgIpc) is 3.75. The number of pyridine rings is 2. The first-order valence-corrected chi connectivity index (χ1v) is 18.5. The van der Waals surface area contributed by atoms with E-state index >= 15 is 0 Å². The summed E-state index contributed by atoms with van der Waals surface area (Å²) in [7, 11) is 0. The van der Waals surface area contributed by atoms with Crippen molar-refractivity contribution in [1.82, 2.24) is 14.5 Å². The molecule has 0 radical (unpaired) electrons. The Bertz CT molecular complexity index is 3150. The van der Waals surface area contributed by atoms with E-state index in [4.69, 9.17) is 32.6 Å². The Morgan fingerprint density at radius 2 is 0.982 bits per heavy atom. The smallest absolute Gasteiger partial charge is 0.188 e. The summed E-state index contributed by atoms with van der Waals surface area (Å²) >= 11 is 0. The molecule has 0 saturated heterocycles. The minimum absolute atomic E-state index is 0.546. The molecule has 5 heterocycles. The van der Waals surface area contributed by atoms with E-state index in [1.54, 1.807) is 0 Å². The van der Waals surface area contributed by atoms with Gasteiger partial charge in [-0.3, -0.25) is 9.97 Å². The molecule has 9 aromatic rings. The first-order valence-electron chi connectivity index (χ1n) is 18.5. The van der Waals surface area contributed by atoms with Gasteiger partial charge in [0, 0.05) is 34.9 Å². The topological polar surface area (TPSA) is 61.1 Å². The molecule has 2 aliphatic heterocycles. The average molecular weight is 731 g/mol. The normalized spacial score (nSPS) is 13.6. The molecule has 0 saturated carbocycles. The molecular weight excluding hydrogens is 705 g/mol. The number of benzene rings is 6. The second kappa shape index (κ2) is 11.4. The molecule has 57 heavy (non-hydrogen) atoms. The van der Waals surface area contributed by atoms with Gasteiger partial charge in [0.15, 0.2) is 22.9 Å². The van der Waals surface area contributed by atoms with Gasteiger partial charge in [0.2, 0.25) is 0 Å². The minimum atomic E-state index is -0.860. The fraction of sp³-hybridized carbons (Fsp3) is 0.0204. The Morgan fingerprint density at radius 3 is 1.54 bits per heavy atom. The largest absolute Gasteiger partial charge is 0.457 e. The molecule has 0 unspecified atom stereocenters. The van der Waals surface area contributed by atoms with Crippen LogP contribution in [0.2, 0.25) is 0 Å². The van der Waals surface area contributed by atoms with Crippen molar-refractivity contribution in [2.75, 3.05) is 4.90 Å². The van der Waals surface area contributed by atoms with Gasteiger partial charge in [-0.1, -0.05) is 48.5 Å². The van der Waals surface area contributed by atoms with Gasteiger partial charge < -0.3 is 18.9 Å². The molecular formula is C49H26N6O2. The fourth-order valence-electron chi connectivity index (χ4n) is 9.26. The number of nitrogens with zero attached hydrogens (tertiary/aromatic N) is 6. The van der Waals surface area contributed by atoms with Crippen LogP contribution in [0, 0.1) is 13.1 Å². The van der Waals surface area contributed by atoms with Crippen LogP contribution >= 0.6 is 0 Å². The van der Waals surface area contributed by atoms with Crippen LogP contribution < -0.4 is 14.4 Å². The van der Waals surface area contributed by atoms with E-state index < -0.39 is 5.41 Å². The Hall–Kier alpha value is -8.20. The van der Waals surface area contributed by atoms with Crippen LogP contribution in [-0.2, 0) is 5.41 Å². The quantitative estimate of drug-likeness (QED) is 0.166. The van der Waals surface area contributed by atoms with E-state index in [9.17, 15) is 0 Å². The van der Waals surface area contributed by atoms with E-state index in [0.29, 0.717) is 11.4 Å². The van der Waals surface area contributed by atoms with Crippen molar-refractivity contribution in [2.45, 2.75) is 5.41 Å². The van der Waals surface area contributed by atoms with E-state index in [0.717, 1.165) is 101 Å². The molecule has 6 aromatic carbocycles. The summed E-state index contributed by atoms with van der Waals surface area (Å²) in [5, 5.41) is 1.83. The molecule has 1 spiro atoms. The maximum absolute atomic E-state index is 7.74. The van der Waals surface area contributed by atoms with Gasteiger partial charge in [-0.2, -0.15) is 0 Å². The van der Waals surface area contributed by atoms with Gasteiger partial charge in [0.05, 0.1) is 52.4 Å². The van der Waals surface area contributed by atoms with Gasteiger partial charge in [-0.15, -0.1) is 0 Å². The molecule has 1 aliphatic carbocycles. The van der Waals surface area contributed by atoms with Crippen LogP contribution in [0.3, 0.4) is 0 Å². The molecule has 3 aromatic heterocycles. The predicted octanol–water partition coefficient (Wildman–Crippen LogP) is 12.7. The lowest BCUT2D eigenvalue weighted by Crippen LogP contribution is -2.32. The third kappa shape index (κ3) is 4.13. The maximum Gasteiger partial charge on any atom is 0.188 e. The van der Waals surface area contributed by atoms with Gasteiger partial charge in [-0.05, 0) is 119 Å². The van der Waals surface area contributed by atoms with Gasteiger partial charge in [0.25, 0.3) is 0 Å². The number of rotatable bonds is 2. The number of aromatic nitrogens is 3. The van der Waals surface area contributed by atoms with Crippen LogP contribution in [0.15, 0.2) is 158 Å². The van der Waals surface area contributed by atoms with Crippen LogP contribution in [0.25, 0.3) is 48.6 Å². The Labute approximate surface area is 326 Å². The standard InChI is InChI=1S/C49H26N6O2/c1-50-29-15-19-39-33(25-29)34-26-30(51-2)16-20-40(34)54(39)31-17-21-43-37(27-31)49(35-9-7-23-52-47(35)48-36(49)10-8-24-53-48)38-28-32(18-22-44(38)56-43)55-41-11-3-5-13-45(41)57-46-14-6-4-12-42(46)55/h3-28H. The Kier molecular flexibility index (Phi) is 6.24. The van der Waals surface area contributed by atoms with E-state index in [1.165, 1.54) is 0 Å². The van der Waals surface area contributed by atoms with Crippen molar-refractivity contribution in [1.29, 1.82) is 0 Å². The molecule has 12 rings (SSSR count). The number of para-hydroxylation sites is 4. The van der Waals surface area contributed by atoms with Crippen LogP contribution in [0.5, 0.6) is 23.0 Å². The zero-order valence-electron chi connectivity index (χ0n) is 30.0. The minimum Gasteiger partial charge on any atom is -0.457 e. The van der Waals surface area contributed by atoms with Gasteiger partial charge >= 0.3 is 0 Å². The predicted molar refractivity (Wildman–Crippen MR) is 221 cm³/mol. The lowest BCUT2D eigenvalue weighted by Gasteiger charge is -2.40. The van der Waals surface area contributed by atoms with Crippen molar-refractivity contribution < 1.29 is 9.47 Å². The van der Waals surface area contributed by atoms with E-state index in [1.807, 2.05) is 97.3 Å². The van der Waals surface area contributed by atoms with Crippen LogP contribution in [-0.4, -0.2) is 14.5 Å². The first kappa shape index (κ1) is 31.2. The highest BCUT2D eigenvalue weighted by Gasteiger charge is 2.53. The highest BCUT2D eigenvalue weighted by molar-refractivity contribution is 6.11. The van der Waals surface area contributed by atoms with Crippen molar-refractivity contribution >= 4 is 50.2 Å². The van der Waals surface area contributed by atoms with E-state index in [-0.39, 0.29) is 0 Å². The van der Waals surface area contributed by atoms with Crippen molar-refractivity contribution in [3.63, 3.8) is 0 Å². The zero-order valence-corrected chi connectivity index (χ0v) is 30.0. The Balaban J connectivity index is 1.16. The number of fused-ring (bicyclic) bond motifs is 14. The lowest BCUT2D eigenvalue weighted by molar-refractivity contribution is 0.436. The number of anilines is 3. The summed E-state index contributed by atoms with van der Waals surface area (Å²) in [4.78, 5) is 19.7. The Morgan fingerprint density at radius 1 is 0.474 bits per heavy atom. The number of hydrogen-bond acceptors (Lipinski definition) is 5. The SMILES string of the molecule is [C-]#[N+]c1ccc2c(c1)c1cc([N+]#[C-])ccc1n2-c1ccc2c(c1)C1(c3cc(N4c5ccccc5Oc5ccccc54)ccc3O2)c2cccnc2-c2ncccc21. The van der Waals surface area contributed by atoms with Crippen molar-refractivity contribution in [3.05, 3.63) is 203 Å². The maximum atomic E-state index is 7.74. The molecule has 0 bridgehead atoms. The molecule has 264 valence electrons. The van der Waals surface area contributed by atoms with Crippen molar-refractivity contribution in [2.24, 2.45) is 0 Å². The first-order chi connectivity index (χ1) is 28.1. The van der Waals surface area contributed by atoms with Gasteiger partial charge in [0.1, 0.15) is 11.5 Å². The fourth-order valence-corrected chi connectivity index (χ4v) is 9.26. The zero-order chi connectivity index (χ0) is 37.8. The molecule has 0 N–H and O–H groups in total. The number of ether oxygens (including phenoxy) is 2.